The molecular weight excluding hydrogens is 401 g/mol. The van der Waals surface area contributed by atoms with Crippen molar-refractivity contribution in [1.82, 2.24) is 5.06 Å². The minimum absolute atomic E-state index is 0.101. The van der Waals surface area contributed by atoms with Crippen LogP contribution in [0.3, 0.4) is 0 Å². The van der Waals surface area contributed by atoms with Crippen molar-refractivity contribution in [2.75, 3.05) is 30.8 Å². The van der Waals surface area contributed by atoms with E-state index < -0.39 is 17.6 Å². The van der Waals surface area contributed by atoms with Crippen LogP contribution >= 0.6 is 11.6 Å². The second kappa shape index (κ2) is 9.69. The zero-order chi connectivity index (χ0) is 20.8. The fourth-order valence-electron chi connectivity index (χ4n) is 2.90. The smallest absolute Gasteiger partial charge is 0.314 e. The van der Waals surface area contributed by atoms with Gasteiger partial charge in [0.1, 0.15) is 6.10 Å². The van der Waals surface area contributed by atoms with Gasteiger partial charge in [-0.2, -0.15) is 5.06 Å². The van der Waals surface area contributed by atoms with E-state index in [1.54, 1.807) is 31.4 Å². The third-order valence-corrected chi connectivity index (χ3v) is 4.70. The highest BCUT2D eigenvalue weighted by Crippen LogP contribution is 2.25. The molecule has 2 amide bonds. The number of rotatable bonds is 5. The lowest BCUT2D eigenvalue weighted by molar-refractivity contribution is -0.152. The number of carbonyl (C=O) groups is 2. The number of piperidine rings is 1. The second-order valence-corrected chi connectivity index (χ2v) is 6.93. The van der Waals surface area contributed by atoms with Gasteiger partial charge in [-0.25, -0.2) is 4.39 Å². The van der Waals surface area contributed by atoms with E-state index in [1.165, 1.54) is 12.1 Å². The molecular formula is C20H21ClFN3O4. The third kappa shape index (κ3) is 5.90. The molecule has 2 aromatic rings. The molecule has 0 unspecified atom stereocenters. The van der Waals surface area contributed by atoms with Gasteiger partial charge in [-0.1, -0.05) is 11.6 Å². The van der Waals surface area contributed by atoms with Crippen molar-refractivity contribution < 1.29 is 23.6 Å². The number of ether oxygens (including phenoxy) is 1. The standard InChI is InChI=1S/C20H21ClFN3O4/c1-28-25-10-8-16(9-11-25)29-18-7-6-15(12-17(18)22)24-20(27)19(26)23-14-4-2-13(21)3-5-14/h2-7,12,16H,8-11H2,1H3,(H,23,26)(H,24,27). The number of anilines is 2. The minimum Gasteiger partial charge on any atom is -0.487 e. The second-order valence-electron chi connectivity index (χ2n) is 6.49. The third-order valence-electron chi connectivity index (χ3n) is 4.45. The van der Waals surface area contributed by atoms with Crippen LogP contribution in [0.25, 0.3) is 0 Å². The number of hydroxylamine groups is 2. The van der Waals surface area contributed by atoms with E-state index >= 15 is 0 Å². The number of nitrogens with zero attached hydrogens (tertiary/aromatic N) is 1. The first-order valence-corrected chi connectivity index (χ1v) is 9.45. The molecule has 1 saturated heterocycles. The number of hydrogen-bond acceptors (Lipinski definition) is 5. The van der Waals surface area contributed by atoms with Crippen LogP contribution in [-0.4, -0.2) is 43.2 Å². The van der Waals surface area contributed by atoms with Crippen molar-refractivity contribution in [2.24, 2.45) is 0 Å². The molecule has 3 rings (SSSR count). The van der Waals surface area contributed by atoms with Crippen LogP contribution in [0.1, 0.15) is 12.8 Å². The van der Waals surface area contributed by atoms with E-state index in [0.717, 1.165) is 18.9 Å². The highest BCUT2D eigenvalue weighted by atomic mass is 35.5. The van der Waals surface area contributed by atoms with Crippen LogP contribution < -0.4 is 15.4 Å². The minimum atomic E-state index is -0.917. The predicted molar refractivity (Wildman–Crippen MR) is 107 cm³/mol. The zero-order valence-corrected chi connectivity index (χ0v) is 16.5. The topological polar surface area (TPSA) is 79.9 Å². The van der Waals surface area contributed by atoms with Crippen molar-refractivity contribution >= 4 is 34.8 Å². The van der Waals surface area contributed by atoms with E-state index in [1.807, 2.05) is 5.06 Å². The average molecular weight is 422 g/mol. The van der Waals surface area contributed by atoms with Crippen LogP contribution in [0.5, 0.6) is 5.75 Å². The molecule has 2 aromatic carbocycles. The lowest BCUT2D eigenvalue weighted by atomic mass is 10.1. The summed E-state index contributed by atoms with van der Waals surface area (Å²) in [5.74, 6) is -2.31. The number of nitrogens with one attached hydrogen (secondary N) is 2. The molecule has 1 heterocycles. The number of hydrogen-bond donors (Lipinski definition) is 2. The summed E-state index contributed by atoms with van der Waals surface area (Å²) in [5, 5.41) is 7.13. The lowest BCUT2D eigenvalue weighted by Gasteiger charge is -2.30. The molecule has 0 bridgehead atoms. The summed E-state index contributed by atoms with van der Waals surface area (Å²) >= 11 is 5.77. The maximum absolute atomic E-state index is 14.4. The summed E-state index contributed by atoms with van der Waals surface area (Å²) in [7, 11) is 1.61. The van der Waals surface area contributed by atoms with Gasteiger partial charge < -0.3 is 20.2 Å². The highest BCUT2D eigenvalue weighted by molar-refractivity contribution is 6.43. The summed E-state index contributed by atoms with van der Waals surface area (Å²) in [6.07, 6.45) is 1.33. The molecule has 154 valence electrons. The van der Waals surface area contributed by atoms with Gasteiger partial charge in [0.2, 0.25) is 0 Å². The molecule has 1 aliphatic heterocycles. The van der Waals surface area contributed by atoms with Gasteiger partial charge in [0.05, 0.1) is 7.11 Å². The summed E-state index contributed by atoms with van der Waals surface area (Å²) in [5.41, 5.74) is 0.573. The van der Waals surface area contributed by atoms with E-state index in [9.17, 15) is 14.0 Å². The Hall–Kier alpha value is -2.68. The first-order valence-electron chi connectivity index (χ1n) is 9.08. The SMILES string of the molecule is CON1CCC(Oc2ccc(NC(=O)C(=O)Nc3ccc(Cl)cc3)cc2F)CC1. The van der Waals surface area contributed by atoms with Crippen molar-refractivity contribution in [3.8, 4) is 5.75 Å². The first kappa shape index (κ1) is 21.0. The van der Waals surface area contributed by atoms with Crippen LogP contribution in [0, 0.1) is 5.82 Å². The maximum Gasteiger partial charge on any atom is 0.314 e. The zero-order valence-electron chi connectivity index (χ0n) is 15.8. The fourth-order valence-corrected chi connectivity index (χ4v) is 3.02. The molecule has 0 aliphatic carbocycles. The van der Waals surface area contributed by atoms with Gasteiger partial charge >= 0.3 is 11.8 Å². The highest BCUT2D eigenvalue weighted by Gasteiger charge is 2.22. The molecule has 7 nitrogen and oxygen atoms in total. The van der Waals surface area contributed by atoms with E-state index in [2.05, 4.69) is 10.6 Å². The molecule has 1 aliphatic rings. The van der Waals surface area contributed by atoms with Crippen LogP contribution in [0.15, 0.2) is 42.5 Å². The van der Waals surface area contributed by atoms with Crippen molar-refractivity contribution in [1.29, 1.82) is 0 Å². The lowest BCUT2D eigenvalue weighted by Crippen LogP contribution is -2.37. The quantitative estimate of drug-likeness (QED) is 0.723. The van der Waals surface area contributed by atoms with Gasteiger partial charge in [-0.3, -0.25) is 9.59 Å². The Morgan fingerprint density at radius 3 is 2.21 bits per heavy atom. The molecule has 0 saturated carbocycles. The van der Waals surface area contributed by atoms with Crippen LogP contribution in [0.4, 0.5) is 15.8 Å². The normalized spacial score (nSPS) is 15.0. The molecule has 9 heteroatoms. The van der Waals surface area contributed by atoms with Gasteiger partial charge in [-0.05, 0) is 49.2 Å². The Labute approximate surface area is 172 Å². The van der Waals surface area contributed by atoms with E-state index in [4.69, 9.17) is 21.2 Å². The molecule has 0 spiro atoms. The van der Waals surface area contributed by atoms with Crippen molar-refractivity contribution in [3.05, 3.63) is 53.3 Å². The summed E-state index contributed by atoms with van der Waals surface area (Å²) in [6.45, 7) is 1.42. The Morgan fingerprint density at radius 1 is 1.03 bits per heavy atom. The summed E-state index contributed by atoms with van der Waals surface area (Å²) in [4.78, 5) is 29.2. The molecule has 29 heavy (non-hydrogen) atoms. The number of benzene rings is 2. The fraction of sp³-hybridized carbons (Fsp3) is 0.300. The van der Waals surface area contributed by atoms with Gasteiger partial charge in [-0.15, -0.1) is 0 Å². The van der Waals surface area contributed by atoms with E-state index in [-0.39, 0.29) is 17.5 Å². The Balaban J connectivity index is 1.54. The summed E-state index contributed by atoms with van der Waals surface area (Å²) < 4.78 is 20.1. The predicted octanol–water partition coefficient (Wildman–Crippen LogP) is 3.46. The van der Waals surface area contributed by atoms with E-state index in [0.29, 0.717) is 23.8 Å². The monoisotopic (exact) mass is 421 g/mol. The molecule has 2 N–H and O–H groups in total. The Kier molecular flexibility index (Phi) is 7.03. The average Bonchev–Trinajstić information content (AvgIpc) is 2.72. The van der Waals surface area contributed by atoms with Gasteiger partial charge in [0.15, 0.2) is 11.6 Å². The Bertz CT molecular complexity index is 871. The molecule has 0 aromatic heterocycles. The Morgan fingerprint density at radius 2 is 1.62 bits per heavy atom. The van der Waals surface area contributed by atoms with Crippen LogP contribution in [-0.2, 0) is 14.4 Å². The van der Waals surface area contributed by atoms with Crippen molar-refractivity contribution in [2.45, 2.75) is 18.9 Å². The number of amides is 2. The molecule has 0 atom stereocenters. The van der Waals surface area contributed by atoms with Crippen LogP contribution in [0.2, 0.25) is 5.02 Å². The molecule has 1 fully saturated rings. The summed E-state index contributed by atoms with van der Waals surface area (Å²) in [6, 6.07) is 10.3. The van der Waals surface area contributed by atoms with Crippen molar-refractivity contribution in [3.63, 3.8) is 0 Å². The molecule has 0 radical (unpaired) electrons. The van der Waals surface area contributed by atoms with Gasteiger partial charge in [0, 0.05) is 35.6 Å². The van der Waals surface area contributed by atoms with Gasteiger partial charge in [0.25, 0.3) is 0 Å². The largest absolute Gasteiger partial charge is 0.487 e. The maximum atomic E-state index is 14.4. The number of carbonyl (C=O) groups excluding carboxylic acids is 2. The number of halogens is 2. The first-order chi connectivity index (χ1) is 13.9.